The van der Waals surface area contributed by atoms with E-state index in [1.165, 1.54) is 0 Å². The molecule has 1 aromatic carbocycles. The summed E-state index contributed by atoms with van der Waals surface area (Å²) in [6, 6.07) is 9.79. The number of hydrogen-bond acceptors (Lipinski definition) is 2. The molecule has 3 nitrogen and oxygen atoms in total. The molecule has 1 fully saturated rings. The number of hydrogen-bond donors (Lipinski definition) is 1. The van der Waals surface area contributed by atoms with Gasteiger partial charge < -0.3 is 10.0 Å². The Hall–Kier alpha value is -1.13. The molecule has 1 aromatic rings. The molecule has 1 aliphatic heterocycles. The van der Waals surface area contributed by atoms with E-state index in [0.29, 0.717) is 11.5 Å². The highest BCUT2D eigenvalue weighted by Crippen LogP contribution is 2.37. The molecule has 0 aromatic heterocycles. The Morgan fingerprint density at radius 3 is 2.28 bits per heavy atom. The van der Waals surface area contributed by atoms with Gasteiger partial charge in [0, 0.05) is 24.7 Å². The lowest BCUT2D eigenvalue weighted by atomic mass is 9.88. The van der Waals surface area contributed by atoms with E-state index in [1.807, 2.05) is 54.1 Å². The predicted molar refractivity (Wildman–Crippen MR) is 78.6 cm³/mol. The van der Waals surface area contributed by atoms with Crippen molar-refractivity contribution in [2.45, 2.75) is 38.5 Å². The van der Waals surface area contributed by atoms with Crippen molar-refractivity contribution in [1.82, 2.24) is 4.90 Å². The molecule has 0 spiro atoms. The third-order valence-corrected chi connectivity index (χ3v) is 4.11. The van der Waals surface area contributed by atoms with Crippen molar-refractivity contribution < 1.29 is 5.11 Å². The maximum absolute atomic E-state index is 10.7. The molecule has 1 N–H and O–H groups in total. The van der Waals surface area contributed by atoms with E-state index in [-0.39, 0.29) is 5.54 Å². The van der Waals surface area contributed by atoms with Gasteiger partial charge in [-0.2, -0.15) is 0 Å². The van der Waals surface area contributed by atoms with Crippen molar-refractivity contribution in [3.05, 3.63) is 30.3 Å². The summed E-state index contributed by atoms with van der Waals surface area (Å²) in [6.07, 6.45) is 0.630. The third-order valence-electron chi connectivity index (χ3n) is 3.65. The van der Waals surface area contributed by atoms with Crippen molar-refractivity contribution >= 4 is 23.0 Å². The molecule has 98 valence electrons. The molecule has 0 bridgehead atoms. The number of rotatable bonds is 1. The van der Waals surface area contributed by atoms with Crippen LogP contribution in [0, 0.1) is 0 Å². The molecular weight excluding hydrogens is 244 g/mol. The van der Waals surface area contributed by atoms with Crippen LogP contribution in [0.1, 0.15) is 27.2 Å². The van der Waals surface area contributed by atoms with Crippen LogP contribution in [0.15, 0.2) is 30.3 Å². The molecule has 1 heterocycles. The Balaban J connectivity index is 2.44. The van der Waals surface area contributed by atoms with Gasteiger partial charge in [0.2, 0.25) is 0 Å². The van der Waals surface area contributed by atoms with E-state index in [0.717, 1.165) is 5.69 Å². The van der Waals surface area contributed by atoms with Crippen molar-refractivity contribution in [3.8, 4) is 0 Å². The Morgan fingerprint density at radius 1 is 1.17 bits per heavy atom. The normalized spacial score (nSPS) is 27.5. The van der Waals surface area contributed by atoms with E-state index in [9.17, 15) is 5.11 Å². The summed E-state index contributed by atoms with van der Waals surface area (Å²) in [5, 5.41) is 11.4. The van der Waals surface area contributed by atoms with Gasteiger partial charge in [-0.05, 0) is 45.1 Å². The summed E-state index contributed by atoms with van der Waals surface area (Å²) in [5.41, 5.74) is -0.185. The van der Waals surface area contributed by atoms with E-state index < -0.39 is 5.72 Å². The molecule has 1 unspecified atom stereocenters. The predicted octanol–water partition coefficient (Wildman–Crippen LogP) is 2.60. The van der Waals surface area contributed by atoms with Crippen molar-refractivity contribution in [2.75, 3.05) is 11.9 Å². The first-order valence-corrected chi connectivity index (χ1v) is 6.52. The SMILES string of the molecule is CN1C(=S)N(c2ccccc2)C(C)(O)CC1(C)C. The van der Waals surface area contributed by atoms with Gasteiger partial charge in [0.25, 0.3) is 0 Å². The van der Waals surface area contributed by atoms with Gasteiger partial charge in [0.1, 0.15) is 5.72 Å². The first-order chi connectivity index (χ1) is 8.26. The van der Waals surface area contributed by atoms with E-state index in [2.05, 4.69) is 13.8 Å². The number of aliphatic hydroxyl groups is 1. The molecule has 1 atom stereocenters. The van der Waals surface area contributed by atoms with Crippen LogP contribution in [0.2, 0.25) is 0 Å². The zero-order valence-corrected chi connectivity index (χ0v) is 12.2. The van der Waals surface area contributed by atoms with Crippen LogP contribution in [0.3, 0.4) is 0 Å². The van der Waals surface area contributed by atoms with Crippen molar-refractivity contribution in [2.24, 2.45) is 0 Å². The highest BCUT2D eigenvalue weighted by atomic mass is 32.1. The molecule has 0 amide bonds. The zero-order valence-electron chi connectivity index (χ0n) is 11.3. The second kappa shape index (κ2) is 4.21. The van der Waals surface area contributed by atoms with Crippen LogP contribution in [0.5, 0.6) is 0 Å². The average molecular weight is 264 g/mol. The lowest BCUT2D eigenvalue weighted by Crippen LogP contribution is -2.67. The topological polar surface area (TPSA) is 26.7 Å². The summed E-state index contributed by atoms with van der Waals surface area (Å²) in [7, 11) is 1.98. The second-order valence-electron chi connectivity index (χ2n) is 5.72. The monoisotopic (exact) mass is 264 g/mol. The summed E-state index contributed by atoms with van der Waals surface area (Å²) in [5.74, 6) is 0. The van der Waals surface area contributed by atoms with Gasteiger partial charge >= 0.3 is 0 Å². The van der Waals surface area contributed by atoms with Gasteiger partial charge in [-0.3, -0.25) is 4.90 Å². The first-order valence-electron chi connectivity index (χ1n) is 6.11. The number of benzene rings is 1. The molecule has 2 rings (SSSR count). The fourth-order valence-corrected chi connectivity index (χ4v) is 3.15. The summed E-state index contributed by atoms with van der Waals surface area (Å²) < 4.78 is 0. The number of nitrogens with zero attached hydrogens (tertiary/aromatic N) is 2. The summed E-state index contributed by atoms with van der Waals surface area (Å²) in [4.78, 5) is 3.88. The fourth-order valence-electron chi connectivity index (χ4n) is 2.60. The van der Waals surface area contributed by atoms with Crippen LogP contribution >= 0.6 is 12.2 Å². The van der Waals surface area contributed by atoms with Crippen LogP contribution in [0.25, 0.3) is 0 Å². The summed E-state index contributed by atoms with van der Waals surface area (Å²) >= 11 is 5.52. The lowest BCUT2D eigenvalue weighted by molar-refractivity contribution is -0.00133. The Morgan fingerprint density at radius 2 is 1.72 bits per heavy atom. The minimum atomic E-state index is -0.964. The second-order valence-corrected chi connectivity index (χ2v) is 6.08. The minimum Gasteiger partial charge on any atom is -0.371 e. The maximum atomic E-state index is 10.7. The number of para-hydroxylation sites is 1. The van der Waals surface area contributed by atoms with Crippen LogP contribution in [-0.2, 0) is 0 Å². The van der Waals surface area contributed by atoms with Crippen molar-refractivity contribution in [3.63, 3.8) is 0 Å². The van der Waals surface area contributed by atoms with Gasteiger partial charge in [0.05, 0.1) is 0 Å². The standard InChI is InChI=1S/C14H20N2OS/c1-13(2)10-14(3,17)16(12(18)15(13)4)11-8-6-5-7-9-11/h5-9,17H,10H2,1-4H3. The smallest absolute Gasteiger partial charge is 0.178 e. The van der Waals surface area contributed by atoms with Crippen molar-refractivity contribution in [1.29, 1.82) is 0 Å². The minimum absolute atomic E-state index is 0.147. The molecule has 4 heteroatoms. The molecule has 1 aliphatic rings. The summed E-state index contributed by atoms with van der Waals surface area (Å²) in [6.45, 7) is 6.01. The zero-order chi connectivity index (χ0) is 13.6. The molecule has 0 saturated carbocycles. The van der Waals surface area contributed by atoms with Gasteiger partial charge in [-0.25, -0.2) is 0 Å². The van der Waals surface area contributed by atoms with Gasteiger partial charge in [0.15, 0.2) is 5.11 Å². The Kier molecular flexibility index (Phi) is 3.11. The van der Waals surface area contributed by atoms with E-state index >= 15 is 0 Å². The molecule has 18 heavy (non-hydrogen) atoms. The first kappa shape index (κ1) is 13.3. The molecular formula is C14H20N2OS. The lowest BCUT2D eigenvalue weighted by Gasteiger charge is -2.54. The van der Waals surface area contributed by atoms with E-state index in [1.54, 1.807) is 0 Å². The Labute approximate surface area is 114 Å². The maximum Gasteiger partial charge on any atom is 0.178 e. The fraction of sp³-hybridized carbons (Fsp3) is 0.500. The molecule has 1 saturated heterocycles. The highest BCUT2D eigenvalue weighted by Gasteiger charge is 2.46. The quantitative estimate of drug-likeness (QED) is 0.789. The van der Waals surface area contributed by atoms with Gasteiger partial charge in [-0.1, -0.05) is 18.2 Å². The Bertz CT molecular complexity index is 456. The van der Waals surface area contributed by atoms with Crippen LogP contribution in [0.4, 0.5) is 5.69 Å². The van der Waals surface area contributed by atoms with E-state index in [4.69, 9.17) is 12.2 Å². The molecule has 0 aliphatic carbocycles. The van der Waals surface area contributed by atoms with Gasteiger partial charge in [-0.15, -0.1) is 0 Å². The number of thiocarbonyl (C=S) groups is 1. The largest absolute Gasteiger partial charge is 0.371 e. The van der Waals surface area contributed by atoms with Crippen LogP contribution in [-0.4, -0.2) is 33.4 Å². The average Bonchev–Trinajstić information content (AvgIpc) is 2.26. The molecule has 0 radical (unpaired) electrons. The third kappa shape index (κ3) is 2.10. The number of anilines is 1. The highest BCUT2D eigenvalue weighted by molar-refractivity contribution is 7.80. The van der Waals surface area contributed by atoms with Crippen LogP contribution < -0.4 is 4.90 Å².